The molecule has 25 heavy (non-hydrogen) atoms. The minimum absolute atomic E-state index is 0.259. The molecule has 0 saturated carbocycles. The molecule has 0 saturated heterocycles. The number of carbonyl (C=O) groups excluding carboxylic acids is 1. The van der Waals surface area contributed by atoms with Crippen LogP contribution in [-0.2, 0) is 13.2 Å². The van der Waals surface area contributed by atoms with Gasteiger partial charge in [0.1, 0.15) is 12.4 Å². The molecule has 0 aliphatic carbocycles. The van der Waals surface area contributed by atoms with E-state index in [4.69, 9.17) is 4.74 Å². The van der Waals surface area contributed by atoms with Crippen molar-refractivity contribution in [1.29, 1.82) is 0 Å². The van der Waals surface area contributed by atoms with Gasteiger partial charge >= 0.3 is 6.03 Å². The predicted molar refractivity (Wildman–Crippen MR) is 97.3 cm³/mol. The van der Waals surface area contributed by atoms with Crippen molar-refractivity contribution in [3.63, 3.8) is 0 Å². The molecule has 3 aromatic rings. The Bertz CT molecular complexity index is 807. The van der Waals surface area contributed by atoms with Crippen molar-refractivity contribution in [2.24, 2.45) is 0 Å². The normalized spacial score (nSPS) is 10.1. The topological polar surface area (TPSA) is 63.2 Å². The van der Waals surface area contributed by atoms with Crippen molar-refractivity contribution in [3.05, 3.63) is 90.3 Å². The van der Waals surface area contributed by atoms with Crippen molar-refractivity contribution < 1.29 is 9.53 Å². The molecule has 5 heteroatoms. The molecule has 2 amide bonds. The fourth-order valence-electron chi connectivity index (χ4n) is 2.28. The minimum atomic E-state index is -0.259. The van der Waals surface area contributed by atoms with Gasteiger partial charge in [-0.3, -0.25) is 4.98 Å². The molecule has 1 aromatic heterocycles. The highest BCUT2D eigenvalue weighted by atomic mass is 16.5. The van der Waals surface area contributed by atoms with Gasteiger partial charge in [0.2, 0.25) is 0 Å². The van der Waals surface area contributed by atoms with Crippen LogP contribution in [0.15, 0.2) is 79.1 Å². The number of nitrogens with zero attached hydrogens (tertiary/aromatic N) is 1. The summed E-state index contributed by atoms with van der Waals surface area (Å²) in [6.45, 7) is 0.868. The first-order valence-electron chi connectivity index (χ1n) is 8.00. The zero-order valence-corrected chi connectivity index (χ0v) is 13.7. The number of benzene rings is 2. The highest BCUT2D eigenvalue weighted by Crippen LogP contribution is 2.15. The van der Waals surface area contributed by atoms with Gasteiger partial charge in [0.25, 0.3) is 0 Å². The zero-order valence-electron chi connectivity index (χ0n) is 13.7. The summed E-state index contributed by atoms with van der Waals surface area (Å²) in [4.78, 5) is 16.0. The standard InChI is InChI=1S/C20H19N3O2/c24-20(22-14-17-7-5-11-21-13-17)23-18-8-4-6-16(12-18)15-25-19-9-2-1-3-10-19/h1-13H,14-15H2,(H2,22,23,24). The smallest absolute Gasteiger partial charge is 0.319 e. The second-order valence-corrected chi connectivity index (χ2v) is 5.47. The van der Waals surface area contributed by atoms with Crippen LogP contribution in [0.4, 0.5) is 10.5 Å². The molecule has 0 unspecified atom stereocenters. The summed E-state index contributed by atoms with van der Waals surface area (Å²) >= 11 is 0. The minimum Gasteiger partial charge on any atom is -0.489 e. The molecular formula is C20H19N3O2. The number of nitrogens with one attached hydrogen (secondary N) is 2. The summed E-state index contributed by atoms with van der Waals surface area (Å²) in [6, 6.07) is 20.7. The van der Waals surface area contributed by atoms with E-state index in [1.165, 1.54) is 0 Å². The van der Waals surface area contributed by atoms with E-state index in [2.05, 4.69) is 15.6 Å². The first-order chi connectivity index (χ1) is 12.3. The zero-order chi connectivity index (χ0) is 17.3. The predicted octanol–water partition coefficient (Wildman–Crippen LogP) is 3.98. The highest BCUT2D eigenvalue weighted by Gasteiger charge is 2.03. The number of ether oxygens (including phenoxy) is 1. The quantitative estimate of drug-likeness (QED) is 0.717. The molecule has 1 heterocycles. The van der Waals surface area contributed by atoms with Crippen LogP contribution >= 0.6 is 0 Å². The van der Waals surface area contributed by atoms with Gasteiger partial charge in [-0.2, -0.15) is 0 Å². The molecular weight excluding hydrogens is 314 g/mol. The molecule has 5 nitrogen and oxygen atoms in total. The fraction of sp³-hybridized carbons (Fsp3) is 0.100. The number of anilines is 1. The van der Waals surface area contributed by atoms with Crippen LogP contribution in [0.3, 0.4) is 0 Å². The lowest BCUT2D eigenvalue weighted by molar-refractivity contribution is 0.251. The third-order valence-electron chi connectivity index (χ3n) is 3.51. The molecule has 2 aromatic carbocycles. The van der Waals surface area contributed by atoms with Gasteiger partial charge in [-0.05, 0) is 41.5 Å². The van der Waals surface area contributed by atoms with E-state index in [1.807, 2.05) is 66.7 Å². The van der Waals surface area contributed by atoms with Crippen LogP contribution in [0.25, 0.3) is 0 Å². The number of hydrogen-bond acceptors (Lipinski definition) is 3. The summed E-state index contributed by atoms with van der Waals surface area (Å²) in [5, 5.41) is 5.63. The van der Waals surface area contributed by atoms with Crippen LogP contribution in [0.2, 0.25) is 0 Å². The Kier molecular flexibility index (Phi) is 5.61. The lowest BCUT2D eigenvalue weighted by Gasteiger charge is -2.10. The average molecular weight is 333 g/mol. The maximum absolute atomic E-state index is 12.0. The lowest BCUT2D eigenvalue weighted by Crippen LogP contribution is -2.28. The molecule has 0 radical (unpaired) electrons. The van der Waals surface area contributed by atoms with Crippen LogP contribution in [0, 0.1) is 0 Å². The SMILES string of the molecule is O=C(NCc1cccnc1)Nc1cccc(COc2ccccc2)c1. The monoisotopic (exact) mass is 333 g/mol. The maximum Gasteiger partial charge on any atom is 0.319 e. The van der Waals surface area contributed by atoms with Crippen LogP contribution < -0.4 is 15.4 Å². The van der Waals surface area contributed by atoms with E-state index in [9.17, 15) is 4.79 Å². The molecule has 0 fully saturated rings. The number of urea groups is 1. The van der Waals surface area contributed by atoms with Gasteiger partial charge in [0.05, 0.1) is 0 Å². The van der Waals surface area contributed by atoms with Crippen LogP contribution in [0.1, 0.15) is 11.1 Å². The summed E-state index contributed by atoms with van der Waals surface area (Å²) in [5.74, 6) is 0.815. The highest BCUT2D eigenvalue weighted by molar-refractivity contribution is 5.89. The van der Waals surface area contributed by atoms with Gasteiger partial charge < -0.3 is 15.4 Å². The Hall–Kier alpha value is -3.34. The van der Waals surface area contributed by atoms with E-state index in [-0.39, 0.29) is 6.03 Å². The molecule has 0 aliphatic rings. The van der Waals surface area contributed by atoms with Crippen molar-refractivity contribution in [3.8, 4) is 5.75 Å². The second kappa shape index (κ2) is 8.49. The van der Waals surface area contributed by atoms with E-state index >= 15 is 0 Å². The van der Waals surface area contributed by atoms with Crippen molar-refractivity contribution in [2.45, 2.75) is 13.2 Å². The summed E-state index contributed by atoms with van der Waals surface area (Å²) in [5.41, 5.74) is 2.65. The number of carbonyl (C=O) groups is 1. The van der Waals surface area contributed by atoms with Gasteiger partial charge in [0.15, 0.2) is 0 Å². The van der Waals surface area contributed by atoms with Gasteiger partial charge in [-0.25, -0.2) is 4.79 Å². The molecule has 2 N–H and O–H groups in total. The van der Waals surface area contributed by atoms with E-state index in [0.29, 0.717) is 13.2 Å². The lowest BCUT2D eigenvalue weighted by atomic mass is 10.2. The fourth-order valence-corrected chi connectivity index (χ4v) is 2.28. The van der Waals surface area contributed by atoms with Crippen molar-refractivity contribution in [2.75, 3.05) is 5.32 Å². The average Bonchev–Trinajstić information content (AvgIpc) is 2.67. The number of para-hydroxylation sites is 1. The molecule has 0 spiro atoms. The van der Waals surface area contributed by atoms with E-state index < -0.39 is 0 Å². The first kappa shape index (κ1) is 16.5. The molecule has 0 aliphatic heterocycles. The Morgan fingerprint density at radius 1 is 0.960 bits per heavy atom. The molecule has 0 atom stereocenters. The van der Waals surface area contributed by atoms with E-state index in [1.54, 1.807) is 12.4 Å². The number of pyridine rings is 1. The molecule has 0 bridgehead atoms. The number of hydrogen-bond donors (Lipinski definition) is 2. The third-order valence-corrected chi connectivity index (χ3v) is 3.51. The van der Waals surface area contributed by atoms with E-state index in [0.717, 1.165) is 22.6 Å². The third kappa shape index (κ3) is 5.35. The summed E-state index contributed by atoms with van der Waals surface area (Å²) < 4.78 is 5.72. The van der Waals surface area contributed by atoms with Crippen LogP contribution in [0.5, 0.6) is 5.75 Å². The summed E-state index contributed by atoms with van der Waals surface area (Å²) in [6.07, 6.45) is 3.43. The molecule has 126 valence electrons. The first-order valence-corrected chi connectivity index (χ1v) is 8.00. The maximum atomic E-state index is 12.0. The Morgan fingerprint density at radius 3 is 2.60 bits per heavy atom. The summed E-state index contributed by atoms with van der Waals surface area (Å²) in [7, 11) is 0. The number of rotatable bonds is 6. The van der Waals surface area contributed by atoms with Crippen LogP contribution in [-0.4, -0.2) is 11.0 Å². The van der Waals surface area contributed by atoms with Gasteiger partial charge in [-0.15, -0.1) is 0 Å². The van der Waals surface area contributed by atoms with Gasteiger partial charge in [-0.1, -0.05) is 36.4 Å². The van der Waals surface area contributed by atoms with Gasteiger partial charge in [0, 0.05) is 24.6 Å². The van der Waals surface area contributed by atoms with Crippen molar-refractivity contribution in [1.82, 2.24) is 10.3 Å². The largest absolute Gasteiger partial charge is 0.489 e. The molecule has 3 rings (SSSR count). The Morgan fingerprint density at radius 2 is 1.80 bits per heavy atom. The second-order valence-electron chi connectivity index (χ2n) is 5.47. The Balaban J connectivity index is 1.51. The number of amides is 2. The Labute approximate surface area is 146 Å². The van der Waals surface area contributed by atoms with Crippen molar-refractivity contribution >= 4 is 11.7 Å². The number of aromatic nitrogens is 1.